The summed E-state index contributed by atoms with van der Waals surface area (Å²) in [6, 6.07) is 16.4. The normalized spacial score (nSPS) is 17.7. The average molecular weight is 329 g/mol. The third kappa shape index (κ3) is 4.21. The van der Waals surface area contributed by atoms with Gasteiger partial charge in [-0.15, -0.1) is 0 Å². The van der Waals surface area contributed by atoms with Crippen LogP contribution in [0.4, 0.5) is 0 Å². The maximum atomic E-state index is 11.5. The Morgan fingerprint density at radius 1 is 1.04 bits per heavy atom. The lowest BCUT2D eigenvalue weighted by Crippen LogP contribution is -2.35. The van der Waals surface area contributed by atoms with Crippen molar-refractivity contribution in [1.29, 1.82) is 0 Å². The standard InChI is InChI=1S/C19H23NO2S/c1-23(21,22)19-10-6-15(7-11-19)12-13-20-18-9-8-16-4-2-3-5-17(16)14-18/h2-7,10-11,18,20H,8-9,12-14H2,1H3/t18-/m1/s1. The lowest BCUT2D eigenvalue weighted by atomic mass is 9.88. The van der Waals surface area contributed by atoms with Gasteiger partial charge in [0.25, 0.3) is 0 Å². The van der Waals surface area contributed by atoms with Crippen molar-refractivity contribution in [1.82, 2.24) is 5.32 Å². The highest BCUT2D eigenvalue weighted by molar-refractivity contribution is 7.90. The van der Waals surface area contributed by atoms with Crippen LogP contribution in [0, 0.1) is 0 Å². The largest absolute Gasteiger partial charge is 0.313 e. The Balaban J connectivity index is 1.51. The van der Waals surface area contributed by atoms with Crippen LogP contribution in [0.5, 0.6) is 0 Å². The van der Waals surface area contributed by atoms with Crippen molar-refractivity contribution in [2.45, 2.75) is 36.6 Å². The second-order valence-electron chi connectivity index (χ2n) is 6.33. The van der Waals surface area contributed by atoms with Gasteiger partial charge < -0.3 is 5.32 Å². The zero-order chi connectivity index (χ0) is 16.3. The highest BCUT2D eigenvalue weighted by Gasteiger charge is 2.17. The minimum atomic E-state index is -3.10. The van der Waals surface area contributed by atoms with Gasteiger partial charge in [-0.25, -0.2) is 8.42 Å². The lowest BCUT2D eigenvalue weighted by molar-refractivity contribution is 0.461. The van der Waals surface area contributed by atoms with Crippen molar-refractivity contribution >= 4 is 9.84 Å². The quantitative estimate of drug-likeness (QED) is 0.917. The number of benzene rings is 2. The van der Waals surface area contributed by atoms with Crippen molar-refractivity contribution in [3.63, 3.8) is 0 Å². The number of hydrogen-bond acceptors (Lipinski definition) is 3. The number of fused-ring (bicyclic) bond motifs is 1. The topological polar surface area (TPSA) is 46.2 Å². The third-order valence-corrected chi connectivity index (χ3v) is 5.67. The summed E-state index contributed by atoms with van der Waals surface area (Å²) in [5.41, 5.74) is 4.12. The number of sulfone groups is 1. The number of hydrogen-bond donors (Lipinski definition) is 1. The number of rotatable bonds is 5. The predicted octanol–water partition coefficient (Wildman–Crippen LogP) is 2.78. The van der Waals surface area contributed by atoms with Crippen LogP contribution in [0.1, 0.15) is 23.1 Å². The van der Waals surface area contributed by atoms with Gasteiger partial charge in [-0.2, -0.15) is 0 Å². The molecule has 23 heavy (non-hydrogen) atoms. The van der Waals surface area contributed by atoms with Gasteiger partial charge in [0.05, 0.1) is 4.90 Å². The molecule has 1 atom stereocenters. The summed E-state index contributed by atoms with van der Waals surface area (Å²) >= 11 is 0. The summed E-state index contributed by atoms with van der Waals surface area (Å²) in [4.78, 5) is 0.387. The van der Waals surface area contributed by atoms with E-state index in [1.165, 1.54) is 29.4 Å². The first-order valence-corrected chi connectivity index (χ1v) is 10.0. The highest BCUT2D eigenvalue weighted by atomic mass is 32.2. The van der Waals surface area contributed by atoms with Crippen LogP contribution in [0.25, 0.3) is 0 Å². The summed E-state index contributed by atoms with van der Waals surface area (Å²) in [5.74, 6) is 0. The average Bonchev–Trinajstić information content (AvgIpc) is 2.54. The zero-order valence-corrected chi connectivity index (χ0v) is 14.3. The molecule has 2 aromatic carbocycles. The molecule has 1 N–H and O–H groups in total. The highest BCUT2D eigenvalue weighted by Crippen LogP contribution is 2.21. The molecule has 0 spiro atoms. The Kier molecular flexibility index (Phi) is 4.83. The van der Waals surface area contributed by atoms with E-state index in [0.29, 0.717) is 10.9 Å². The molecule has 122 valence electrons. The first kappa shape index (κ1) is 16.2. The van der Waals surface area contributed by atoms with Crippen LogP contribution >= 0.6 is 0 Å². The van der Waals surface area contributed by atoms with E-state index in [-0.39, 0.29) is 0 Å². The Morgan fingerprint density at radius 3 is 2.43 bits per heavy atom. The number of aryl methyl sites for hydroxylation is 1. The molecule has 0 bridgehead atoms. The smallest absolute Gasteiger partial charge is 0.175 e. The summed E-state index contributed by atoms with van der Waals surface area (Å²) in [6.45, 7) is 0.922. The van der Waals surface area contributed by atoms with Gasteiger partial charge >= 0.3 is 0 Å². The predicted molar refractivity (Wildman–Crippen MR) is 93.5 cm³/mol. The second-order valence-corrected chi connectivity index (χ2v) is 8.34. The van der Waals surface area contributed by atoms with Crippen LogP contribution in [-0.4, -0.2) is 27.3 Å². The van der Waals surface area contributed by atoms with E-state index < -0.39 is 9.84 Å². The van der Waals surface area contributed by atoms with Gasteiger partial charge in [0, 0.05) is 12.3 Å². The molecule has 0 saturated heterocycles. The van der Waals surface area contributed by atoms with Crippen LogP contribution in [0.2, 0.25) is 0 Å². The Hall–Kier alpha value is -1.65. The Morgan fingerprint density at radius 2 is 1.74 bits per heavy atom. The van der Waals surface area contributed by atoms with Crippen molar-refractivity contribution in [2.24, 2.45) is 0 Å². The van der Waals surface area contributed by atoms with E-state index >= 15 is 0 Å². The van der Waals surface area contributed by atoms with Crippen molar-refractivity contribution in [2.75, 3.05) is 12.8 Å². The van der Waals surface area contributed by atoms with E-state index in [0.717, 1.165) is 25.8 Å². The molecule has 0 amide bonds. The molecule has 4 heteroatoms. The Labute approximate surface area is 138 Å². The van der Waals surface area contributed by atoms with Crippen LogP contribution in [-0.2, 0) is 29.1 Å². The van der Waals surface area contributed by atoms with Gasteiger partial charge in [0.2, 0.25) is 0 Å². The summed E-state index contributed by atoms with van der Waals surface area (Å²) in [7, 11) is -3.10. The lowest BCUT2D eigenvalue weighted by Gasteiger charge is -2.25. The van der Waals surface area contributed by atoms with Gasteiger partial charge in [-0.1, -0.05) is 36.4 Å². The monoisotopic (exact) mass is 329 g/mol. The van der Waals surface area contributed by atoms with Crippen molar-refractivity contribution in [3.8, 4) is 0 Å². The van der Waals surface area contributed by atoms with E-state index in [1.807, 2.05) is 12.1 Å². The molecule has 0 aromatic heterocycles. The summed E-state index contributed by atoms with van der Waals surface area (Å²) in [5, 5.41) is 3.64. The molecule has 1 aliphatic carbocycles. The van der Waals surface area contributed by atoms with Crippen LogP contribution in [0.15, 0.2) is 53.4 Å². The molecule has 0 aliphatic heterocycles. The SMILES string of the molecule is CS(=O)(=O)c1ccc(CCN[C@@H]2CCc3ccccc3C2)cc1. The minimum absolute atomic E-state index is 0.387. The maximum Gasteiger partial charge on any atom is 0.175 e. The first-order valence-electron chi connectivity index (χ1n) is 8.11. The molecule has 0 fully saturated rings. The fourth-order valence-electron chi connectivity index (χ4n) is 3.20. The van der Waals surface area contributed by atoms with Crippen molar-refractivity contribution in [3.05, 3.63) is 65.2 Å². The maximum absolute atomic E-state index is 11.5. The summed E-state index contributed by atoms with van der Waals surface area (Å²) < 4.78 is 22.9. The third-order valence-electron chi connectivity index (χ3n) is 4.55. The summed E-state index contributed by atoms with van der Waals surface area (Å²) in [6.07, 6.45) is 5.59. The van der Waals surface area contributed by atoms with E-state index in [4.69, 9.17) is 0 Å². The van der Waals surface area contributed by atoms with E-state index in [1.54, 1.807) is 12.1 Å². The van der Waals surface area contributed by atoms with Gasteiger partial charge in [0.15, 0.2) is 9.84 Å². The van der Waals surface area contributed by atoms with E-state index in [9.17, 15) is 8.42 Å². The molecule has 1 aliphatic rings. The molecular formula is C19H23NO2S. The molecule has 2 aromatic rings. The minimum Gasteiger partial charge on any atom is -0.313 e. The fraction of sp³-hybridized carbons (Fsp3) is 0.368. The van der Waals surface area contributed by atoms with Crippen LogP contribution in [0.3, 0.4) is 0 Å². The number of nitrogens with one attached hydrogen (secondary N) is 1. The Bertz CT molecular complexity index is 766. The molecule has 0 unspecified atom stereocenters. The molecule has 0 radical (unpaired) electrons. The second kappa shape index (κ2) is 6.85. The molecular weight excluding hydrogens is 306 g/mol. The molecule has 0 saturated carbocycles. The first-order chi connectivity index (χ1) is 11.0. The molecule has 0 heterocycles. The zero-order valence-electron chi connectivity index (χ0n) is 13.5. The van der Waals surface area contributed by atoms with Gasteiger partial charge in [0.1, 0.15) is 0 Å². The van der Waals surface area contributed by atoms with Crippen molar-refractivity contribution < 1.29 is 8.42 Å². The molecule has 3 nitrogen and oxygen atoms in total. The van der Waals surface area contributed by atoms with Gasteiger partial charge in [-0.3, -0.25) is 0 Å². The molecule has 3 rings (SSSR count). The van der Waals surface area contributed by atoms with E-state index in [2.05, 4.69) is 29.6 Å². The van der Waals surface area contributed by atoms with Crippen LogP contribution < -0.4 is 5.32 Å². The van der Waals surface area contributed by atoms with Gasteiger partial charge in [-0.05, 0) is 61.1 Å². The fourth-order valence-corrected chi connectivity index (χ4v) is 3.83.